The van der Waals surface area contributed by atoms with Gasteiger partial charge in [-0.15, -0.1) is 0 Å². The average molecular weight is 396 g/mol. The standard InChI is InChI=1S/C20H25FN8/c1-14(15-4-6-16(21)7-5-15)29(11-10-28(2)3)20-25-17(22)12-18(27-20)26-19-13-23-8-9-24-19/h4-9,12-14H,10-11H2,1-3H3,(H3,22,24,25,26,27). The molecule has 9 heteroatoms. The van der Waals surface area contributed by atoms with E-state index in [1.54, 1.807) is 36.8 Å². The summed E-state index contributed by atoms with van der Waals surface area (Å²) >= 11 is 0. The van der Waals surface area contributed by atoms with Gasteiger partial charge in [0.25, 0.3) is 0 Å². The largest absolute Gasteiger partial charge is 0.383 e. The smallest absolute Gasteiger partial charge is 0.229 e. The van der Waals surface area contributed by atoms with E-state index in [2.05, 4.69) is 30.2 Å². The Kier molecular flexibility index (Phi) is 6.50. The predicted molar refractivity (Wildman–Crippen MR) is 112 cm³/mol. The van der Waals surface area contributed by atoms with Crippen molar-refractivity contribution in [3.8, 4) is 0 Å². The molecule has 0 radical (unpaired) electrons. The molecule has 3 N–H and O–H groups in total. The minimum Gasteiger partial charge on any atom is -0.383 e. The summed E-state index contributed by atoms with van der Waals surface area (Å²) in [4.78, 5) is 21.4. The number of likely N-dealkylation sites (N-methyl/N-ethyl adjacent to an activating group) is 1. The minimum atomic E-state index is -0.267. The SMILES string of the molecule is CC(c1ccc(F)cc1)N(CCN(C)C)c1nc(N)cc(Nc2cnccn2)n1. The molecule has 0 saturated heterocycles. The van der Waals surface area contributed by atoms with Crippen molar-refractivity contribution in [3.63, 3.8) is 0 Å². The van der Waals surface area contributed by atoms with E-state index in [0.717, 1.165) is 12.1 Å². The molecule has 0 fully saturated rings. The van der Waals surface area contributed by atoms with Gasteiger partial charge in [0.1, 0.15) is 23.3 Å². The number of nitrogens with two attached hydrogens (primary N) is 1. The Hall–Kier alpha value is -3.33. The third-order valence-corrected chi connectivity index (χ3v) is 4.42. The molecule has 0 amide bonds. The first-order valence-electron chi connectivity index (χ1n) is 9.27. The molecule has 152 valence electrons. The highest BCUT2D eigenvalue weighted by molar-refractivity contribution is 5.57. The first-order valence-corrected chi connectivity index (χ1v) is 9.27. The fraction of sp³-hybridized carbons (Fsp3) is 0.300. The van der Waals surface area contributed by atoms with Crippen LogP contribution >= 0.6 is 0 Å². The van der Waals surface area contributed by atoms with Crippen molar-refractivity contribution in [2.24, 2.45) is 0 Å². The van der Waals surface area contributed by atoms with Crippen LogP contribution in [0.2, 0.25) is 0 Å². The quantitative estimate of drug-likeness (QED) is 0.600. The lowest BCUT2D eigenvalue weighted by Crippen LogP contribution is -2.35. The van der Waals surface area contributed by atoms with Crippen molar-refractivity contribution < 1.29 is 4.39 Å². The van der Waals surface area contributed by atoms with Crippen LogP contribution in [0.5, 0.6) is 0 Å². The number of nitrogens with zero attached hydrogens (tertiary/aromatic N) is 6. The van der Waals surface area contributed by atoms with Crippen LogP contribution in [-0.2, 0) is 0 Å². The van der Waals surface area contributed by atoms with Crippen molar-refractivity contribution >= 4 is 23.4 Å². The van der Waals surface area contributed by atoms with Gasteiger partial charge in [0.2, 0.25) is 5.95 Å². The van der Waals surface area contributed by atoms with Gasteiger partial charge < -0.3 is 20.9 Å². The number of rotatable bonds is 8. The van der Waals surface area contributed by atoms with Gasteiger partial charge in [0, 0.05) is 31.5 Å². The highest BCUT2D eigenvalue weighted by atomic mass is 19.1. The maximum absolute atomic E-state index is 13.4. The topological polar surface area (TPSA) is 96.1 Å². The molecule has 0 aliphatic rings. The zero-order valence-corrected chi connectivity index (χ0v) is 16.7. The molecule has 1 unspecified atom stereocenters. The normalized spacial score (nSPS) is 12.0. The summed E-state index contributed by atoms with van der Waals surface area (Å²) in [6, 6.07) is 8.02. The molecule has 0 aliphatic heterocycles. The number of hydrogen-bond donors (Lipinski definition) is 2. The Labute approximate surface area is 169 Å². The van der Waals surface area contributed by atoms with Crippen LogP contribution in [0.4, 0.5) is 27.8 Å². The van der Waals surface area contributed by atoms with Gasteiger partial charge in [-0.05, 0) is 38.7 Å². The number of benzene rings is 1. The second-order valence-corrected chi connectivity index (χ2v) is 6.92. The molecule has 0 saturated carbocycles. The number of halogens is 1. The van der Waals surface area contributed by atoms with Gasteiger partial charge in [0.15, 0.2) is 0 Å². The Morgan fingerprint density at radius 1 is 1.07 bits per heavy atom. The molecule has 0 bridgehead atoms. The van der Waals surface area contributed by atoms with Crippen molar-refractivity contribution in [1.29, 1.82) is 0 Å². The molecular formula is C20H25FN8. The number of nitrogen functional groups attached to an aromatic ring is 1. The van der Waals surface area contributed by atoms with E-state index in [-0.39, 0.29) is 11.9 Å². The van der Waals surface area contributed by atoms with Crippen LogP contribution in [0.3, 0.4) is 0 Å². The Morgan fingerprint density at radius 3 is 2.48 bits per heavy atom. The van der Waals surface area contributed by atoms with E-state index in [0.29, 0.717) is 29.9 Å². The van der Waals surface area contributed by atoms with Crippen LogP contribution < -0.4 is 16.0 Å². The summed E-state index contributed by atoms with van der Waals surface area (Å²) in [7, 11) is 4.00. The van der Waals surface area contributed by atoms with Crippen molar-refractivity contribution in [3.05, 3.63) is 60.3 Å². The van der Waals surface area contributed by atoms with E-state index in [1.165, 1.54) is 12.1 Å². The second kappa shape index (κ2) is 9.24. The van der Waals surface area contributed by atoms with Crippen LogP contribution in [-0.4, -0.2) is 52.0 Å². The highest BCUT2D eigenvalue weighted by Crippen LogP contribution is 2.27. The van der Waals surface area contributed by atoms with Gasteiger partial charge in [-0.25, -0.2) is 9.37 Å². The summed E-state index contributed by atoms with van der Waals surface area (Å²) in [5.74, 6) is 1.63. The molecule has 1 aromatic carbocycles. The zero-order valence-electron chi connectivity index (χ0n) is 16.7. The molecule has 0 aliphatic carbocycles. The number of anilines is 4. The van der Waals surface area contributed by atoms with E-state index < -0.39 is 0 Å². The molecule has 0 spiro atoms. The summed E-state index contributed by atoms with van der Waals surface area (Å²) in [5.41, 5.74) is 7.01. The molecule has 1 atom stereocenters. The second-order valence-electron chi connectivity index (χ2n) is 6.92. The third kappa shape index (κ3) is 5.58. The van der Waals surface area contributed by atoms with Crippen LogP contribution in [0.1, 0.15) is 18.5 Å². The van der Waals surface area contributed by atoms with E-state index in [9.17, 15) is 4.39 Å². The lowest BCUT2D eigenvalue weighted by molar-refractivity contribution is 0.405. The molecule has 3 rings (SSSR count). The average Bonchev–Trinajstić information content (AvgIpc) is 2.68. The summed E-state index contributed by atoms with van der Waals surface area (Å²) < 4.78 is 13.4. The number of nitrogens with one attached hydrogen (secondary N) is 1. The highest BCUT2D eigenvalue weighted by Gasteiger charge is 2.20. The lowest BCUT2D eigenvalue weighted by Gasteiger charge is -2.31. The molecule has 29 heavy (non-hydrogen) atoms. The van der Waals surface area contributed by atoms with E-state index >= 15 is 0 Å². The maximum Gasteiger partial charge on any atom is 0.229 e. The molecule has 2 aromatic heterocycles. The Morgan fingerprint density at radius 2 is 1.83 bits per heavy atom. The Bertz CT molecular complexity index is 918. The van der Waals surface area contributed by atoms with Crippen molar-refractivity contribution in [1.82, 2.24) is 24.8 Å². The summed E-state index contributed by atoms with van der Waals surface area (Å²) in [6.07, 6.45) is 4.79. The monoisotopic (exact) mass is 396 g/mol. The number of hydrogen-bond acceptors (Lipinski definition) is 8. The van der Waals surface area contributed by atoms with Crippen LogP contribution in [0.15, 0.2) is 48.9 Å². The molecule has 3 aromatic rings. The van der Waals surface area contributed by atoms with Crippen molar-refractivity contribution in [2.45, 2.75) is 13.0 Å². The van der Waals surface area contributed by atoms with Gasteiger partial charge in [-0.2, -0.15) is 9.97 Å². The van der Waals surface area contributed by atoms with Gasteiger partial charge in [-0.3, -0.25) is 4.98 Å². The number of aromatic nitrogens is 4. The zero-order chi connectivity index (χ0) is 20.8. The van der Waals surface area contributed by atoms with Crippen molar-refractivity contribution in [2.75, 3.05) is 43.1 Å². The lowest BCUT2D eigenvalue weighted by atomic mass is 10.1. The first kappa shape index (κ1) is 20.4. The minimum absolute atomic E-state index is 0.0817. The van der Waals surface area contributed by atoms with E-state index in [1.807, 2.05) is 25.9 Å². The van der Waals surface area contributed by atoms with Gasteiger partial charge >= 0.3 is 0 Å². The fourth-order valence-corrected chi connectivity index (χ4v) is 2.84. The maximum atomic E-state index is 13.4. The van der Waals surface area contributed by atoms with Gasteiger partial charge in [-0.1, -0.05) is 12.1 Å². The predicted octanol–water partition coefficient (Wildman–Crippen LogP) is 2.86. The Balaban J connectivity index is 1.92. The van der Waals surface area contributed by atoms with Gasteiger partial charge in [0.05, 0.1) is 12.2 Å². The van der Waals surface area contributed by atoms with Crippen LogP contribution in [0, 0.1) is 5.82 Å². The fourth-order valence-electron chi connectivity index (χ4n) is 2.84. The van der Waals surface area contributed by atoms with E-state index in [4.69, 9.17) is 5.73 Å². The molecule has 2 heterocycles. The summed E-state index contributed by atoms with van der Waals surface area (Å²) in [5, 5.41) is 3.10. The van der Waals surface area contributed by atoms with Crippen LogP contribution in [0.25, 0.3) is 0 Å². The summed E-state index contributed by atoms with van der Waals surface area (Å²) in [6.45, 7) is 3.49. The first-order chi connectivity index (χ1) is 13.9. The third-order valence-electron chi connectivity index (χ3n) is 4.42. The molecule has 8 nitrogen and oxygen atoms in total. The molecular weight excluding hydrogens is 371 g/mol.